The molecule has 1 unspecified atom stereocenters. The second kappa shape index (κ2) is 6.59. The van der Waals surface area contributed by atoms with Gasteiger partial charge in [-0.1, -0.05) is 35.3 Å². The van der Waals surface area contributed by atoms with Crippen molar-refractivity contribution in [3.8, 4) is 0 Å². The van der Waals surface area contributed by atoms with Gasteiger partial charge in [0, 0.05) is 29.4 Å². The Kier molecular flexibility index (Phi) is 4.67. The summed E-state index contributed by atoms with van der Waals surface area (Å²) < 4.78 is 4.93. The number of benzene rings is 1. The summed E-state index contributed by atoms with van der Waals surface area (Å²) in [6, 6.07) is 5.20. The van der Waals surface area contributed by atoms with Gasteiger partial charge in [0.25, 0.3) is 0 Å². The van der Waals surface area contributed by atoms with Crippen LogP contribution in [0.3, 0.4) is 0 Å². The molecule has 0 fully saturated rings. The Labute approximate surface area is 149 Å². The molecule has 5 nitrogen and oxygen atoms in total. The van der Waals surface area contributed by atoms with E-state index >= 15 is 0 Å². The largest absolute Gasteiger partial charge is 0.466 e. The fourth-order valence-electron chi connectivity index (χ4n) is 3.20. The third-order valence-corrected chi connectivity index (χ3v) is 5.06. The lowest BCUT2D eigenvalue weighted by atomic mass is 9.77. The van der Waals surface area contributed by atoms with E-state index in [1.165, 1.54) is 7.11 Å². The average Bonchev–Trinajstić information content (AvgIpc) is 2.56. The highest BCUT2D eigenvalue weighted by molar-refractivity contribution is 6.42. The highest BCUT2D eigenvalue weighted by Crippen LogP contribution is 2.43. The Balaban J connectivity index is 2.26. The van der Waals surface area contributed by atoms with Crippen LogP contribution in [0, 0.1) is 0 Å². The highest BCUT2D eigenvalue weighted by Gasteiger charge is 2.39. The van der Waals surface area contributed by atoms with Crippen molar-refractivity contribution < 1.29 is 14.3 Å². The molecule has 126 valence electrons. The number of ketones is 1. The van der Waals surface area contributed by atoms with Gasteiger partial charge in [0.05, 0.1) is 29.3 Å². The lowest BCUT2D eigenvalue weighted by Gasteiger charge is -2.34. The summed E-state index contributed by atoms with van der Waals surface area (Å²) in [5.41, 5.74) is 2.91. The molecule has 0 spiro atoms. The minimum Gasteiger partial charge on any atom is -0.466 e. The van der Waals surface area contributed by atoms with Crippen LogP contribution in [0.2, 0.25) is 10.0 Å². The SMILES string of the molecule is COC(=O)C1=C(C)NC2=C(C(=O)CNC2)C1c1cccc(Cl)c1Cl. The Hall–Kier alpha value is -1.82. The fraction of sp³-hybridized carbons (Fsp3) is 0.294. The standard InChI is InChI=1S/C17H16Cl2N2O3/c1-8-13(17(23)24-2)14(9-4-3-5-10(18)16(9)19)15-11(21-8)6-20-7-12(15)22/h3-5,14,20-21H,6-7H2,1-2H3. The fourth-order valence-corrected chi connectivity index (χ4v) is 3.61. The van der Waals surface area contributed by atoms with E-state index in [1.54, 1.807) is 25.1 Å². The van der Waals surface area contributed by atoms with Crippen LogP contribution in [0.4, 0.5) is 0 Å². The monoisotopic (exact) mass is 366 g/mol. The van der Waals surface area contributed by atoms with Gasteiger partial charge in [-0.3, -0.25) is 4.79 Å². The van der Waals surface area contributed by atoms with Gasteiger partial charge in [-0.15, -0.1) is 0 Å². The third kappa shape index (κ3) is 2.73. The summed E-state index contributed by atoms with van der Waals surface area (Å²) in [5.74, 6) is -1.19. The van der Waals surface area contributed by atoms with Crippen LogP contribution < -0.4 is 10.6 Å². The van der Waals surface area contributed by atoms with E-state index in [2.05, 4.69) is 10.6 Å². The number of dihydropyridines is 1. The maximum Gasteiger partial charge on any atom is 0.336 e. The second-order valence-electron chi connectivity index (χ2n) is 5.65. The molecular formula is C17H16Cl2N2O3. The Morgan fingerprint density at radius 1 is 1.29 bits per heavy atom. The van der Waals surface area contributed by atoms with Crippen LogP contribution in [0.5, 0.6) is 0 Å². The van der Waals surface area contributed by atoms with Gasteiger partial charge in [0.1, 0.15) is 0 Å². The summed E-state index contributed by atoms with van der Waals surface area (Å²) in [7, 11) is 1.31. The van der Waals surface area contributed by atoms with Crippen molar-refractivity contribution in [3.05, 3.63) is 56.3 Å². The minimum atomic E-state index is -0.602. The normalized spacial score (nSPS) is 20.7. The van der Waals surface area contributed by atoms with E-state index < -0.39 is 11.9 Å². The molecule has 0 saturated carbocycles. The predicted octanol–water partition coefficient (Wildman–Crippen LogP) is 2.55. The van der Waals surface area contributed by atoms with Crippen molar-refractivity contribution in [2.75, 3.05) is 20.2 Å². The van der Waals surface area contributed by atoms with Crippen molar-refractivity contribution in [1.29, 1.82) is 0 Å². The predicted molar refractivity (Wildman–Crippen MR) is 92.0 cm³/mol. The van der Waals surface area contributed by atoms with E-state index in [4.69, 9.17) is 27.9 Å². The molecule has 24 heavy (non-hydrogen) atoms. The summed E-state index contributed by atoms with van der Waals surface area (Å²) in [4.78, 5) is 25.0. The third-order valence-electron chi connectivity index (χ3n) is 4.23. The van der Waals surface area contributed by atoms with E-state index in [-0.39, 0.29) is 12.3 Å². The molecule has 0 radical (unpaired) electrons. The van der Waals surface area contributed by atoms with Gasteiger partial charge < -0.3 is 15.4 Å². The second-order valence-corrected chi connectivity index (χ2v) is 6.44. The van der Waals surface area contributed by atoms with Crippen molar-refractivity contribution in [2.24, 2.45) is 0 Å². The lowest BCUT2D eigenvalue weighted by Crippen LogP contribution is -2.43. The van der Waals surface area contributed by atoms with Crippen LogP contribution in [0.1, 0.15) is 18.4 Å². The van der Waals surface area contributed by atoms with E-state index in [9.17, 15) is 9.59 Å². The van der Waals surface area contributed by atoms with E-state index in [0.29, 0.717) is 39.0 Å². The molecule has 1 aromatic carbocycles. The number of methoxy groups -OCH3 is 1. The maximum absolute atomic E-state index is 12.6. The van der Waals surface area contributed by atoms with E-state index in [1.807, 2.05) is 0 Å². The Morgan fingerprint density at radius 2 is 2.04 bits per heavy atom. The molecule has 0 amide bonds. The van der Waals surface area contributed by atoms with Crippen LogP contribution in [0.25, 0.3) is 0 Å². The molecule has 0 aliphatic carbocycles. The average molecular weight is 367 g/mol. The number of nitrogens with one attached hydrogen (secondary N) is 2. The van der Waals surface area contributed by atoms with Crippen LogP contribution >= 0.6 is 23.2 Å². The summed E-state index contributed by atoms with van der Waals surface area (Å²) >= 11 is 12.5. The zero-order valence-electron chi connectivity index (χ0n) is 13.2. The van der Waals surface area contributed by atoms with Gasteiger partial charge in [0.2, 0.25) is 0 Å². The zero-order valence-corrected chi connectivity index (χ0v) is 14.7. The topological polar surface area (TPSA) is 67.4 Å². The first-order valence-corrected chi connectivity index (χ1v) is 8.18. The molecule has 1 atom stereocenters. The highest BCUT2D eigenvalue weighted by atomic mass is 35.5. The maximum atomic E-state index is 12.6. The van der Waals surface area contributed by atoms with Crippen molar-refractivity contribution in [1.82, 2.24) is 10.6 Å². The number of carbonyl (C=O) groups is 2. The number of esters is 1. The smallest absolute Gasteiger partial charge is 0.336 e. The zero-order chi connectivity index (χ0) is 17.4. The molecular weight excluding hydrogens is 351 g/mol. The number of carbonyl (C=O) groups excluding carboxylic acids is 2. The summed E-state index contributed by atoms with van der Waals surface area (Å²) in [5, 5.41) is 6.89. The lowest BCUT2D eigenvalue weighted by molar-refractivity contribution is -0.136. The van der Waals surface area contributed by atoms with Crippen LogP contribution in [0.15, 0.2) is 40.7 Å². The van der Waals surface area contributed by atoms with Crippen LogP contribution in [-0.4, -0.2) is 32.0 Å². The van der Waals surface area contributed by atoms with E-state index in [0.717, 1.165) is 5.70 Å². The minimum absolute atomic E-state index is 0.0845. The van der Waals surface area contributed by atoms with Crippen molar-refractivity contribution in [2.45, 2.75) is 12.8 Å². The molecule has 0 aromatic heterocycles. The molecule has 2 aliphatic rings. The Morgan fingerprint density at radius 3 is 2.75 bits per heavy atom. The molecule has 7 heteroatoms. The summed E-state index contributed by atoms with van der Waals surface area (Å²) in [6.07, 6.45) is 0. The molecule has 1 aromatic rings. The number of Topliss-reactive ketones (excluding diaryl/α,β-unsaturated/α-hetero) is 1. The van der Waals surface area contributed by atoms with Gasteiger partial charge in [-0.2, -0.15) is 0 Å². The number of halogens is 2. The molecule has 2 heterocycles. The first-order valence-electron chi connectivity index (χ1n) is 7.42. The first kappa shape index (κ1) is 17.0. The number of ether oxygens (including phenoxy) is 1. The molecule has 2 aliphatic heterocycles. The Bertz CT molecular complexity index is 799. The molecule has 0 bridgehead atoms. The molecule has 0 saturated heterocycles. The number of hydrogen-bond acceptors (Lipinski definition) is 5. The van der Waals surface area contributed by atoms with Crippen molar-refractivity contribution in [3.63, 3.8) is 0 Å². The van der Waals surface area contributed by atoms with Gasteiger partial charge in [0.15, 0.2) is 5.78 Å². The van der Waals surface area contributed by atoms with Gasteiger partial charge >= 0.3 is 5.97 Å². The van der Waals surface area contributed by atoms with Gasteiger partial charge in [-0.25, -0.2) is 4.79 Å². The van der Waals surface area contributed by atoms with Crippen LogP contribution in [-0.2, 0) is 14.3 Å². The number of allylic oxidation sites excluding steroid dienone is 1. The quantitative estimate of drug-likeness (QED) is 0.787. The number of rotatable bonds is 2. The van der Waals surface area contributed by atoms with Crippen molar-refractivity contribution >= 4 is 35.0 Å². The first-order chi connectivity index (χ1) is 11.5. The van der Waals surface area contributed by atoms with Gasteiger partial charge in [-0.05, 0) is 18.6 Å². The number of hydrogen-bond donors (Lipinski definition) is 2. The summed E-state index contributed by atoms with van der Waals surface area (Å²) in [6.45, 7) is 2.50. The molecule has 2 N–H and O–H groups in total. The molecule has 3 rings (SSSR count).